The Morgan fingerprint density at radius 3 is 2.17 bits per heavy atom. The summed E-state index contributed by atoms with van der Waals surface area (Å²) in [6.07, 6.45) is -0.631. The highest BCUT2D eigenvalue weighted by atomic mass is 16.4. The number of para-hydroxylation sites is 1. The smallest absolute Gasteiger partial charge is 0.328 e. The van der Waals surface area contributed by atoms with Gasteiger partial charge in [0.25, 0.3) is 0 Å². The third kappa shape index (κ3) is 7.49. The Morgan fingerprint density at radius 2 is 1.58 bits per heavy atom. The monoisotopic (exact) mass is 507 g/mol. The van der Waals surface area contributed by atoms with Crippen molar-refractivity contribution in [2.24, 2.45) is 5.73 Å². The largest absolute Gasteiger partial charge is 0.481 e. The van der Waals surface area contributed by atoms with Gasteiger partial charge in [-0.15, -0.1) is 0 Å². The van der Waals surface area contributed by atoms with Crippen molar-refractivity contribution in [2.75, 3.05) is 6.61 Å². The number of aliphatic carboxylic acids is 2. The van der Waals surface area contributed by atoms with Crippen molar-refractivity contribution in [1.29, 1.82) is 0 Å². The minimum absolute atomic E-state index is 0.0907. The number of aromatic nitrogens is 1. The van der Waals surface area contributed by atoms with Gasteiger partial charge in [0.15, 0.2) is 6.04 Å². The molecule has 14 nitrogen and oxygen atoms in total. The van der Waals surface area contributed by atoms with Gasteiger partial charge >= 0.3 is 11.9 Å². The summed E-state index contributed by atoms with van der Waals surface area (Å²) in [5, 5.41) is 44.6. The van der Waals surface area contributed by atoms with Crippen molar-refractivity contribution in [2.45, 2.75) is 50.0 Å². The Bertz CT molecular complexity index is 1120. The highest BCUT2D eigenvalue weighted by Gasteiger charge is 2.32. The SMILES string of the molecule is CC(O)C(NC(=O)C(CO)NC(=O)C(Cc1c[nH]c2ccccc12)NC(=O)C(N)CC(=O)O)C(=O)O. The Morgan fingerprint density at radius 1 is 0.972 bits per heavy atom. The maximum Gasteiger partial charge on any atom is 0.328 e. The molecule has 1 aromatic heterocycles. The number of hydrogen-bond acceptors (Lipinski definition) is 8. The molecule has 10 N–H and O–H groups in total. The number of aliphatic hydroxyl groups excluding tert-OH is 2. The lowest BCUT2D eigenvalue weighted by molar-refractivity contribution is -0.145. The van der Waals surface area contributed by atoms with E-state index in [1.54, 1.807) is 30.5 Å². The van der Waals surface area contributed by atoms with Crippen molar-refractivity contribution in [3.8, 4) is 0 Å². The fourth-order valence-corrected chi connectivity index (χ4v) is 3.40. The summed E-state index contributed by atoms with van der Waals surface area (Å²) < 4.78 is 0. The number of aromatic amines is 1. The summed E-state index contributed by atoms with van der Waals surface area (Å²) in [4.78, 5) is 63.1. The molecule has 196 valence electrons. The number of aliphatic hydroxyl groups is 2. The fourth-order valence-electron chi connectivity index (χ4n) is 3.40. The Hall–Kier alpha value is -4.01. The molecule has 14 heteroatoms. The van der Waals surface area contributed by atoms with E-state index in [-0.39, 0.29) is 6.42 Å². The van der Waals surface area contributed by atoms with E-state index in [0.717, 1.165) is 17.8 Å². The number of benzene rings is 1. The van der Waals surface area contributed by atoms with E-state index < -0.39 is 73.0 Å². The lowest BCUT2D eigenvalue weighted by Crippen LogP contribution is -2.59. The van der Waals surface area contributed by atoms with E-state index in [9.17, 15) is 34.2 Å². The summed E-state index contributed by atoms with van der Waals surface area (Å²) in [6, 6.07) is 1.02. The molecule has 3 amide bonds. The first-order valence-corrected chi connectivity index (χ1v) is 10.9. The number of hydrogen-bond donors (Lipinski definition) is 9. The number of carbonyl (C=O) groups excluding carboxylic acids is 3. The quantitative estimate of drug-likeness (QED) is 0.137. The van der Waals surface area contributed by atoms with E-state index in [4.69, 9.17) is 15.9 Å². The maximum absolute atomic E-state index is 13.1. The summed E-state index contributed by atoms with van der Waals surface area (Å²) in [6.45, 7) is 0.217. The van der Waals surface area contributed by atoms with Crippen molar-refractivity contribution in [3.05, 3.63) is 36.0 Å². The Balaban J connectivity index is 2.25. The third-order valence-corrected chi connectivity index (χ3v) is 5.33. The molecule has 0 spiro atoms. The molecular formula is C22H29N5O9. The number of rotatable bonds is 13. The third-order valence-electron chi connectivity index (χ3n) is 5.33. The van der Waals surface area contributed by atoms with Crippen molar-refractivity contribution < 1.29 is 44.4 Å². The number of carbonyl (C=O) groups is 5. The maximum atomic E-state index is 13.1. The number of amides is 3. The van der Waals surface area contributed by atoms with Gasteiger partial charge in [-0.3, -0.25) is 19.2 Å². The van der Waals surface area contributed by atoms with E-state index >= 15 is 0 Å². The van der Waals surface area contributed by atoms with E-state index in [2.05, 4.69) is 15.6 Å². The van der Waals surface area contributed by atoms with E-state index in [1.165, 1.54) is 0 Å². The standard InChI is InChI=1S/C22H29N5O9/c1-10(29)18(22(35)36)27-21(34)16(9-28)26-20(33)15(25-19(32)13(23)7-17(30)31)6-11-8-24-14-5-3-2-4-12(11)14/h2-5,8,10,13,15-16,18,24,28-29H,6-7,9,23H2,1H3,(H,25,32)(H,26,33)(H,27,34)(H,30,31)(H,35,36). The average molecular weight is 508 g/mol. The van der Waals surface area contributed by atoms with Gasteiger partial charge in [0.2, 0.25) is 17.7 Å². The number of H-pyrrole nitrogens is 1. The van der Waals surface area contributed by atoms with Crippen LogP contribution in [0.5, 0.6) is 0 Å². The second-order valence-corrected chi connectivity index (χ2v) is 8.14. The van der Waals surface area contributed by atoms with Crippen molar-refractivity contribution in [1.82, 2.24) is 20.9 Å². The molecule has 0 fully saturated rings. The molecule has 2 aromatic rings. The molecule has 5 unspecified atom stereocenters. The second kappa shape index (κ2) is 12.6. The molecule has 36 heavy (non-hydrogen) atoms. The minimum atomic E-state index is -1.70. The lowest BCUT2D eigenvalue weighted by atomic mass is 10.0. The summed E-state index contributed by atoms with van der Waals surface area (Å²) in [7, 11) is 0. The van der Waals surface area contributed by atoms with Gasteiger partial charge in [0.05, 0.1) is 25.2 Å². The summed E-state index contributed by atoms with van der Waals surface area (Å²) >= 11 is 0. The van der Waals surface area contributed by atoms with E-state index in [0.29, 0.717) is 5.56 Å². The number of fused-ring (bicyclic) bond motifs is 1. The van der Waals surface area contributed by atoms with Crippen LogP contribution in [0, 0.1) is 0 Å². The number of carboxylic acids is 2. The summed E-state index contributed by atoms with van der Waals surface area (Å²) in [5.74, 6) is -5.78. The van der Waals surface area contributed by atoms with Gasteiger partial charge < -0.3 is 47.1 Å². The van der Waals surface area contributed by atoms with Crippen LogP contribution >= 0.6 is 0 Å². The lowest BCUT2D eigenvalue weighted by Gasteiger charge is -2.24. The van der Waals surface area contributed by atoms with Crippen molar-refractivity contribution in [3.63, 3.8) is 0 Å². The molecule has 0 aliphatic rings. The zero-order valence-electron chi connectivity index (χ0n) is 19.3. The van der Waals surface area contributed by atoms with Gasteiger partial charge in [-0.1, -0.05) is 18.2 Å². The molecular weight excluding hydrogens is 478 g/mol. The molecule has 2 rings (SSSR count). The molecule has 0 saturated heterocycles. The average Bonchev–Trinajstić information content (AvgIpc) is 3.22. The van der Waals surface area contributed by atoms with Crippen LogP contribution < -0.4 is 21.7 Å². The molecule has 1 heterocycles. The highest BCUT2D eigenvalue weighted by Crippen LogP contribution is 2.19. The zero-order chi connectivity index (χ0) is 27.0. The predicted octanol–water partition coefficient (Wildman–Crippen LogP) is -2.58. The molecule has 0 radical (unpaired) electrons. The first-order valence-electron chi connectivity index (χ1n) is 10.9. The first kappa shape index (κ1) is 28.2. The number of nitrogens with two attached hydrogens (primary N) is 1. The highest BCUT2D eigenvalue weighted by molar-refractivity contribution is 5.95. The van der Waals surface area contributed by atoms with E-state index in [1.807, 2.05) is 5.32 Å². The van der Waals surface area contributed by atoms with Gasteiger partial charge in [-0.25, -0.2) is 4.79 Å². The Labute approximate surface area is 204 Å². The van der Waals surface area contributed by atoms with Gasteiger partial charge in [0.1, 0.15) is 12.1 Å². The molecule has 5 atom stereocenters. The Kier molecular flexibility index (Phi) is 9.90. The van der Waals surface area contributed by atoms with Crippen LogP contribution in [0.4, 0.5) is 0 Å². The molecule has 1 aromatic carbocycles. The number of nitrogens with one attached hydrogen (secondary N) is 4. The zero-order valence-corrected chi connectivity index (χ0v) is 19.3. The number of carboxylic acid groups (broad SMARTS) is 2. The van der Waals surface area contributed by atoms with Crippen LogP contribution in [0.25, 0.3) is 10.9 Å². The summed E-state index contributed by atoms with van der Waals surface area (Å²) in [5.41, 5.74) is 6.97. The fraction of sp³-hybridized carbons (Fsp3) is 0.409. The van der Waals surface area contributed by atoms with Crippen LogP contribution in [0.15, 0.2) is 30.5 Å². The topological polar surface area (TPSA) is 244 Å². The molecule has 0 aliphatic heterocycles. The molecule has 0 aliphatic carbocycles. The van der Waals surface area contributed by atoms with Crippen LogP contribution in [0.1, 0.15) is 18.9 Å². The van der Waals surface area contributed by atoms with Crippen molar-refractivity contribution >= 4 is 40.6 Å². The van der Waals surface area contributed by atoms with Crippen LogP contribution in [-0.4, -0.2) is 91.9 Å². The van der Waals surface area contributed by atoms with Gasteiger partial charge in [-0.05, 0) is 18.6 Å². The minimum Gasteiger partial charge on any atom is -0.481 e. The predicted molar refractivity (Wildman–Crippen MR) is 124 cm³/mol. The molecule has 0 saturated carbocycles. The van der Waals surface area contributed by atoms with Crippen LogP contribution in [0.2, 0.25) is 0 Å². The molecule has 0 bridgehead atoms. The van der Waals surface area contributed by atoms with Crippen LogP contribution in [0.3, 0.4) is 0 Å². The first-order chi connectivity index (χ1) is 16.9. The van der Waals surface area contributed by atoms with Crippen LogP contribution in [-0.2, 0) is 30.4 Å². The van der Waals surface area contributed by atoms with Gasteiger partial charge in [0, 0.05) is 23.5 Å². The van der Waals surface area contributed by atoms with Gasteiger partial charge in [-0.2, -0.15) is 0 Å². The normalized spacial score (nSPS) is 15.2. The second-order valence-electron chi connectivity index (χ2n) is 8.14.